The Labute approximate surface area is 123 Å². The van der Waals surface area contributed by atoms with E-state index in [1.54, 1.807) is 24.0 Å². The molecule has 5 heteroatoms. The van der Waals surface area contributed by atoms with E-state index in [-0.39, 0.29) is 5.91 Å². The summed E-state index contributed by atoms with van der Waals surface area (Å²) in [7, 11) is 0. The molecule has 1 amide bonds. The number of carboxylic acid groups (broad SMARTS) is 1. The largest absolute Gasteiger partial charge is 0.481 e. The number of rotatable bonds is 4. The lowest BCUT2D eigenvalue weighted by Gasteiger charge is -2.20. The first-order chi connectivity index (χ1) is 9.40. The van der Waals surface area contributed by atoms with E-state index in [4.69, 9.17) is 16.7 Å². The SMILES string of the molecule is C[C@@]1(C(=O)O)CCN(C(=O)CCc2ccc(Cl)cc2)C1. The van der Waals surface area contributed by atoms with Crippen molar-refractivity contribution >= 4 is 23.5 Å². The number of carbonyl (C=O) groups excluding carboxylic acids is 1. The van der Waals surface area contributed by atoms with E-state index in [2.05, 4.69) is 0 Å². The van der Waals surface area contributed by atoms with Crippen LogP contribution in [0.3, 0.4) is 0 Å². The van der Waals surface area contributed by atoms with Gasteiger partial charge in [-0.15, -0.1) is 0 Å². The van der Waals surface area contributed by atoms with Crippen LogP contribution in [0.5, 0.6) is 0 Å². The average Bonchev–Trinajstić information content (AvgIpc) is 2.82. The van der Waals surface area contributed by atoms with Crippen LogP contribution in [0.25, 0.3) is 0 Å². The normalized spacial score (nSPS) is 22.0. The molecular weight excluding hydrogens is 278 g/mol. The monoisotopic (exact) mass is 295 g/mol. The Morgan fingerprint density at radius 2 is 2.00 bits per heavy atom. The van der Waals surface area contributed by atoms with Gasteiger partial charge in [-0.3, -0.25) is 9.59 Å². The van der Waals surface area contributed by atoms with Gasteiger partial charge in [0.05, 0.1) is 5.41 Å². The summed E-state index contributed by atoms with van der Waals surface area (Å²) in [4.78, 5) is 24.9. The first kappa shape index (κ1) is 14.9. The number of likely N-dealkylation sites (tertiary alicyclic amines) is 1. The number of aryl methyl sites for hydroxylation is 1. The number of benzene rings is 1. The zero-order chi connectivity index (χ0) is 14.8. The Hall–Kier alpha value is -1.55. The molecule has 0 saturated carbocycles. The van der Waals surface area contributed by atoms with Crippen molar-refractivity contribution in [1.82, 2.24) is 4.90 Å². The van der Waals surface area contributed by atoms with Gasteiger partial charge in [0.2, 0.25) is 5.91 Å². The summed E-state index contributed by atoms with van der Waals surface area (Å²) in [5.74, 6) is -0.810. The van der Waals surface area contributed by atoms with Gasteiger partial charge in [0.25, 0.3) is 0 Å². The van der Waals surface area contributed by atoms with Crippen LogP contribution in [0, 0.1) is 5.41 Å². The molecule has 1 fully saturated rings. The highest BCUT2D eigenvalue weighted by molar-refractivity contribution is 6.30. The van der Waals surface area contributed by atoms with E-state index >= 15 is 0 Å². The van der Waals surface area contributed by atoms with E-state index in [1.807, 2.05) is 12.1 Å². The minimum Gasteiger partial charge on any atom is -0.481 e. The van der Waals surface area contributed by atoms with Gasteiger partial charge in [0, 0.05) is 24.5 Å². The predicted molar refractivity (Wildman–Crippen MR) is 76.7 cm³/mol. The van der Waals surface area contributed by atoms with Gasteiger partial charge < -0.3 is 10.0 Å². The Morgan fingerprint density at radius 1 is 1.35 bits per heavy atom. The van der Waals surface area contributed by atoms with Crippen LogP contribution >= 0.6 is 11.6 Å². The molecule has 4 nitrogen and oxygen atoms in total. The second-order valence-electron chi connectivity index (χ2n) is 5.56. The van der Waals surface area contributed by atoms with Crippen molar-refractivity contribution in [3.05, 3.63) is 34.9 Å². The first-order valence-corrected chi connectivity index (χ1v) is 7.04. The molecule has 1 heterocycles. The number of nitrogens with zero attached hydrogens (tertiary/aromatic N) is 1. The molecule has 1 atom stereocenters. The summed E-state index contributed by atoms with van der Waals surface area (Å²) in [5, 5.41) is 9.83. The topological polar surface area (TPSA) is 57.6 Å². The van der Waals surface area contributed by atoms with Gasteiger partial charge >= 0.3 is 5.97 Å². The fraction of sp³-hybridized carbons (Fsp3) is 0.467. The lowest BCUT2D eigenvalue weighted by atomic mass is 9.90. The second-order valence-corrected chi connectivity index (χ2v) is 5.99. The number of amides is 1. The molecule has 0 radical (unpaired) electrons. The summed E-state index contributed by atoms with van der Waals surface area (Å²) in [5.41, 5.74) is 0.263. The number of halogens is 1. The van der Waals surface area contributed by atoms with Gasteiger partial charge in [-0.2, -0.15) is 0 Å². The molecule has 20 heavy (non-hydrogen) atoms. The summed E-state index contributed by atoms with van der Waals surface area (Å²) in [6, 6.07) is 7.42. The number of carboxylic acids is 1. The van der Waals surface area contributed by atoms with Crippen molar-refractivity contribution in [3.8, 4) is 0 Å². The van der Waals surface area contributed by atoms with Crippen molar-refractivity contribution in [2.75, 3.05) is 13.1 Å². The average molecular weight is 296 g/mol. The first-order valence-electron chi connectivity index (χ1n) is 6.66. The van der Waals surface area contributed by atoms with Gasteiger partial charge in [-0.05, 0) is 37.5 Å². The molecule has 0 aliphatic carbocycles. The molecule has 2 rings (SSSR count). The highest BCUT2D eigenvalue weighted by Gasteiger charge is 2.41. The Bertz CT molecular complexity index is 514. The number of hydrogen-bond acceptors (Lipinski definition) is 2. The molecule has 1 aliphatic rings. The maximum absolute atomic E-state index is 12.1. The lowest BCUT2D eigenvalue weighted by Crippen LogP contribution is -2.34. The van der Waals surface area contributed by atoms with Gasteiger partial charge in [0.1, 0.15) is 0 Å². The Kier molecular flexibility index (Phi) is 4.33. The second kappa shape index (κ2) is 5.83. The highest BCUT2D eigenvalue weighted by Crippen LogP contribution is 2.30. The highest BCUT2D eigenvalue weighted by atomic mass is 35.5. The molecule has 1 saturated heterocycles. The molecule has 1 aliphatic heterocycles. The quantitative estimate of drug-likeness (QED) is 0.929. The summed E-state index contributed by atoms with van der Waals surface area (Å²) < 4.78 is 0. The summed E-state index contributed by atoms with van der Waals surface area (Å²) in [6.07, 6.45) is 1.57. The summed E-state index contributed by atoms with van der Waals surface area (Å²) in [6.45, 7) is 2.53. The van der Waals surface area contributed by atoms with Crippen molar-refractivity contribution in [3.63, 3.8) is 0 Å². The molecule has 1 N–H and O–H groups in total. The third-order valence-corrected chi connectivity index (χ3v) is 4.14. The molecule has 108 valence electrons. The Balaban J connectivity index is 1.87. The van der Waals surface area contributed by atoms with Crippen LogP contribution in [0.4, 0.5) is 0 Å². The van der Waals surface area contributed by atoms with Gasteiger partial charge in [-0.1, -0.05) is 23.7 Å². The molecular formula is C15H18ClNO3. The van der Waals surface area contributed by atoms with Crippen molar-refractivity contribution < 1.29 is 14.7 Å². The van der Waals surface area contributed by atoms with Crippen LogP contribution < -0.4 is 0 Å². The summed E-state index contributed by atoms with van der Waals surface area (Å²) >= 11 is 5.81. The van der Waals surface area contributed by atoms with Crippen LogP contribution in [-0.4, -0.2) is 35.0 Å². The van der Waals surface area contributed by atoms with Gasteiger partial charge in [0.15, 0.2) is 0 Å². The van der Waals surface area contributed by atoms with Crippen LogP contribution in [-0.2, 0) is 16.0 Å². The number of hydrogen-bond donors (Lipinski definition) is 1. The zero-order valence-electron chi connectivity index (χ0n) is 11.4. The maximum Gasteiger partial charge on any atom is 0.311 e. The van der Waals surface area contributed by atoms with Gasteiger partial charge in [-0.25, -0.2) is 0 Å². The molecule has 1 aromatic carbocycles. The minimum atomic E-state index is -0.828. The fourth-order valence-corrected chi connectivity index (χ4v) is 2.53. The number of carbonyl (C=O) groups is 2. The van der Waals surface area contributed by atoms with E-state index in [0.717, 1.165) is 5.56 Å². The third kappa shape index (κ3) is 3.31. The fourth-order valence-electron chi connectivity index (χ4n) is 2.41. The number of aliphatic carboxylic acids is 1. The molecule has 0 aromatic heterocycles. The van der Waals surface area contributed by atoms with Crippen molar-refractivity contribution in [1.29, 1.82) is 0 Å². The molecule has 0 unspecified atom stereocenters. The van der Waals surface area contributed by atoms with Crippen LogP contribution in [0.15, 0.2) is 24.3 Å². The van der Waals surface area contributed by atoms with E-state index in [1.165, 1.54) is 0 Å². The molecule has 1 aromatic rings. The van der Waals surface area contributed by atoms with Crippen molar-refractivity contribution in [2.24, 2.45) is 5.41 Å². The Morgan fingerprint density at radius 3 is 2.55 bits per heavy atom. The third-order valence-electron chi connectivity index (χ3n) is 3.88. The zero-order valence-corrected chi connectivity index (χ0v) is 12.2. The minimum absolute atomic E-state index is 0.0184. The predicted octanol–water partition coefficient (Wildman–Crippen LogP) is 2.60. The standard InChI is InChI=1S/C15H18ClNO3/c1-15(14(19)20)8-9-17(10-15)13(18)7-4-11-2-5-12(16)6-3-11/h2-3,5-6H,4,7-10H2,1H3,(H,19,20)/t15-/m1/s1. The smallest absolute Gasteiger partial charge is 0.311 e. The van der Waals surface area contributed by atoms with Crippen LogP contribution in [0.1, 0.15) is 25.3 Å². The van der Waals surface area contributed by atoms with E-state index in [0.29, 0.717) is 37.4 Å². The molecule has 0 bridgehead atoms. The van der Waals surface area contributed by atoms with Crippen LogP contribution in [0.2, 0.25) is 5.02 Å². The van der Waals surface area contributed by atoms with E-state index < -0.39 is 11.4 Å². The van der Waals surface area contributed by atoms with E-state index in [9.17, 15) is 9.59 Å². The maximum atomic E-state index is 12.1. The van der Waals surface area contributed by atoms with Crippen molar-refractivity contribution in [2.45, 2.75) is 26.2 Å². The lowest BCUT2D eigenvalue weighted by molar-refractivity contribution is -0.147. The molecule has 0 spiro atoms.